The van der Waals surface area contributed by atoms with Gasteiger partial charge in [0.1, 0.15) is 0 Å². The zero-order valence-corrected chi connectivity index (χ0v) is 10.3. The molecular weight excluding hydrogens is 316 g/mol. The summed E-state index contributed by atoms with van der Waals surface area (Å²) in [6, 6.07) is 3.63. The van der Waals surface area contributed by atoms with Gasteiger partial charge in [-0.2, -0.15) is 22.0 Å². The van der Waals surface area contributed by atoms with Gasteiger partial charge in [-0.1, -0.05) is 10.0 Å². The molecule has 0 fully saturated rings. The highest BCUT2D eigenvalue weighted by Gasteiger charge is 2.53. The number of aromatic nitrogens is 1. The van der Waals surface area contributed by atoms with E-state index in [0.29, 0.717) is 0 Å². The summed E-state index contributed by atoms with van der Waals surface area (Å²) in [5.41, 5.74) is 0. The fourth-order valence-corrected chi connectivity index (χ4v) is 2.00. The summed E-state index contributed by atoms with van der Waals surface area (Å²) in [7, 11) is -5.16. The van der Waals surface area contributed by atoms with Gasteiger partial charge in [0.15, 0.2) is 12.4 Å². The highest BCUT2D eigenvalue weighted by atomic mass is 32.2. The van der Waals surface area contributed by atoms with Gasteiger partial charge in [0.2, 0.25) is 6.17 Å². The smallest absolute Gasteiger partial charge is 0.237 e. The van der Waals surface area contributed by atoms with Crippen LogP contribution in [0, 0.1) is 0 Å². The summed E-state index contributed by atoms with van der Waals surface area (Å²) in [6.07, 6.45) is -15.2. The van der Waals surface area contributed by atoms with E-state index in [4.69, 9.17) is 0 Å². The molecule has 11 heteroatoms. The standard InChI is InChI=1S/C9H8F6NO3S/c10-7(6-8(11,12)13)9(14,15)19-20(17,18)16-4-2-1-3-5-16/h1-5,7H,6H2/q+1. The first-order valence-electron chi connectivity index (χ1n) is 4.95. The summed E-state index contributed by atoms with van der Waals surface area (Å²) in [4.78, 5) is 0. The van der Waals surface area contributed by atoms with Crippen LogP contribution >= 0.6 is 0 Å². The van der Waals surface area contributed by atoms with Crippen molar-refractivity contribution in [2.75, 3.05) is 0 Å². The largest absolute Gasteiger partial charge is 0.519 e. The molecule has 1 aromatic heterocycles. The fourth-order valence-electron chi connectivity index (χ4n) is 1.09. The first-order chi connectivity index (χ1) is 8.94. The molecule has 0 spiro atoms. The Morgan fingerprint density at radius 3 is 2.00 bits per heavy atom. The minimum absolute atomic E-state index is 0.168. The molecule has 0 N–H and O–H groups in total. The molecule has 0 aliphatic heterocycles. The molecule has 0 aliphatic carbocycles. The Hall–Kier alpha value is -1.36. The number of nitrogens with zero attached hydrogens (tertiary/aromatic N) is 1. The monoisotopic (exact) mass is 324 g/mol. The molecule has 0 saturated carbocycles. The molecule has 114 valence electrons. The van der Waals surface area contributed by atoms with E-state index in [1.807, 2.05) is 0 Å². The molecule has 1 aromatic rings. The molecule has 20 heavy (non-hydrogen) atoms. The van der Waals surface area contributed by atoms with Gasteiger partial charge in [-0.25, -0.2) is 4.39 Å². The molecule has 1 unspecified atom stereocenters. The van der Waals surface area contributed by atoms with Gasteiger partial charge in [-0.15, -0.1) is 12.6 Å². The Kier molecular flexibility index (Phi) is 4.64. The summed E-state index contributed by atoms with van der Waals surface area (Å²) in [6.45, 7) is 0. The highest BCUT2D eigenvalue weighted by molar-refractivity contribution is 7.80. The maximum Gasteiger partial charge on any atom is 0.519 e. The lowest BCUT2D eigenvalue weighted by molar-refractivity contribution is -0.525. The third-order valence-corrected chi connectivity index (χ3v) is 3.13. The number of halogens is 6. The van der Waals surface area contributed by atoms with Crippen LogP contribution in [0.4, 0.5) is 26.3 Å². The summed E-state index contributed by atoms with van der Waals surface area (Å²) >= 11 is 0. The normalized spacial score (nSPS) is 15.1. The second-order valence-electron chi connectivity index (χ2n) is 3.60. The molecule has 0 aromatic carbocycles. The zero-order valence-electron chi connectivity index (χ0n) is 9.52. The third kappa shape index (κ3) is 4.63. The van der Waals surface area contributed by atoms with E-state index in [0.717, 1.165) is 24.5 Å². The predicted octanol–water partition coefficient (Wildman–Crippen LogP) is 1.97. The summed E-state index contributed by atoms with van der Waals surface area (Å²) in [5.74, 6) is 0. The topological polar surface area (TPSA) is 47.3 Å². The maximum atomic E-state index is 13.0. The van der Waals surface area contributed by atoms with Crippen molar-refractivity contribution in [1.29, 1.82) is 0 Å². The van der Waals surface area contributed by atoms with Crippen LogP contribution in [0.1, 0.15) is 6.42 Å². The zero-order chi connectivity index (χ0) is 15.6. The van der Waals surface area contributed by atoms with Crippen molar-refractivity contribution in [3.8, 4) is 0 Å². The number of hydrogen-bond acceptors (Lipinski definition) is 3. The summed E-state index contributed by atoms with van der Waals surface area (Å²) in [5, 5.41) is 0. The lowest BCUT2D eigenvalue weighted by atomic mass is 10.2. The van der Waals surface area contributed by atoms with Gasteiger partial charge in [0, 0.05) is 12.1 Å². The molecule has 1 atom stereocenters. The van der Waals surface area contributed by atoms with Crippen molar-refractivity contribution in [3.63, 3.8) is 0 Å². The van der Waals surface area contributed by atoms with Gasteiger partial charge >= 0.3 is 22.6 Å². The van der Waals surface area contributed by atoms with Crippen LogP contribution in [0.3, 0.4) is 0 Å². The van der Waals surface area contributed by atoms with E-state index >= 15 is 0 Å². The molecule has 0 radical (unpaired) electrons. The first-order valence-corrected chi connectivity index (χ1v) is 6.32. The molecule has 4 nitrogen and oxygen atoms in total. The van der Waals surface area contributed by atoms with E-state index in [-0.39, 0.29) is 3.97 Å². The molecule has 1 heterocycles. The molecular formula is C9H8F6NO3S+. The van der Waals surface area contributed by atoms with Crippen LogP contribution in [0.2, 0.25) is 0 Å². The van der Waals surface area contributed by atoms with E-state index < -0.39 is 35.2 Å². The fraction of sp³-hybridized carbons (Fsp3) is 0.444. The SMILES string of the molecule is O=S(=O)(OC(F)(F)C(F)CC(F)(F)F)[n+]1ccccc1. The van der Waals surface area contributed by atoms with Gasteiger partial charge < -0.3 is 0 Å². The Bertz CT molecular complexity index is 545. The molecule has 0 saturated heterocycles. The first kappa shape index (κ1) is 16.7. The predicted molar refractivity (Wildman–Crippen MR) is 52.6 cm³/mol. The highest BCUT2D eigenvalue weighted by Crippen LogP contribution is 2.33. The Labute approximate surface area is 109 Å². The van der Waals surface area contributed by atoms with Gasteiger partial charge in [0.05, 0.1) is 6.42 Å². The van der Waals surface area contributed by atoms with Crippen LogP contribution in [0.25, 0.3) is 0 Å². The lowest BCUT2D eigenvalue weighted by Crippen LogP contribution is -2.49. The number of pyridine rings is 1. The summed E-state index contributed by atoms with van der Waals surface area (Å²) < 4.78 is 100. The molecule has 1 rings (SSSR count). The van der Waals surface area contributed by atoms with E-state index in [1.54, 1.807) is 0 Å². The maximum absolute atomic E-state index is 13.0. The van der Waals surface area contributed by atoms with E-state index in [9.17, 15) is 34.8 Å². The van der Waals surface area contributed by atoms with Crippen molar-refractivity contribution < 1.29 is 42.9 Å². The van der Waals surface area contributed by atoms with Crippen molar-refractivity contribution in [2.45, 2.75) is 24.9 Å². The van der Waals surface area contributed by atoms with Gasteiger partial charge in [0.25, 0.3) is 0 Å². The molecule has 0 bridgehead atoms. The van der Waals surface area contributed by atoms with E-state index in [1.165, 1.54) is 6.07 Å². The molecule has 0 amide bonds. The van der Waals surface area contributed by atoms with Crippen LogP contribution in [-0.2, 0) is 14.5 Å². The number of rotatable bonds is 5. The van der Waals surface area contributed by atoms with Crippen LogP contribution in [-0.4, -0.2) is 26.9 Å². The second-order valence-corrected chi connectivity index (χ2v) is 5.04. The van der Waals surface area contributed by atoms with Crippen molar-refractivity contribution >= 4 is 10.3 Å². The average molecular weight is 324 g/mol. The van der Waals surface area contributed by atoms with Crippen LogP contribution < -0.4 is 3.97 Å². The number of alkyl halides is 6. The lowest BCUT2D eigenvalue weighted by Gasteiger charge is -2.19. The Balaban J connectivity index is 2.90. The minimum Gasteiger partial charge on any atom is -0.237 e. The number of hydrogen-bond donors (Lipinski definition) is 0. The molecule has 0 aliphatic rings. The minimum atomic E-state index is -5.23. The quantitative estimate of drug-likeness (QED) is 0.614. The van der Waals surface area contributed by atoms with Gasteiger partial charge in [-0.3, -0.25) is 0 Å². The van der Waals surface area contributed by atoms with Gasteiger partial charge in [-0.05, 0) is 0 Å². The Morgan fingerprint density at radius 2 is 1.55 bits per heavy atom. The average Bonchev–Trinajstić information content (AvgIpc) is 2.26. The Morgan fingerprint density at radius 1 is 1.05 bits per heavy atom. The van der Waals surface area contributed by atoms with Crippen LogP contribution in [0.5, 0.6) is 0 Å². The third-order valence-electron chi connectivity index (χ3n) is 1.94. The van der Waals surface area contributed by atoms with Crippen LogP contribution in [0.15, 0.2) is 30.6 Å². The second kappa shape index (κ2) is 5.56. The van der Waals surface area contributed by atoms with E-state index in [2.05, 4.69) is 4.18 Å². The van der Waals surface area contributed by atoms with Crippen molar-refractivity contribution in [3.05, 3.63) is 30.6 Å². The van der Waals surface area contributed by atoms with Crippen molar-refractivity contribution in [1.82, 2.24) is 0 Å². The van der Waals surface area contributed by atoms with Crippen molar-refractivity contribution in [2.24, 2.45) is 0 Å².